The van der Waals surface area contributed by atoms with Crippen molar-refractivity contribution in [3.05, 3.63) is 151 Å². The van der Waals surface area contributed by atoms with Gasteiger partial charge in [-0.05, 0) is 27.9 Å². The Labute approximate surface area is 316 Å². The van der Waals surface area contributed by atoms with Crippen LogP contribution in [0.15, 0.2) is 138 Å². The maximum absolute atomic E-state index is 8.31. The van der Waals surface area contributed by atoms with Crippen LogP contribution in [0.1, 0.15) is 26.7 Å². The van der Waals surface area contributed by atoms with Gasteiger partial charge >= 0.3 is 159 Å². The summed E-state index contributed by atoms with van der Waals surface area (Å²) in [5, 5.41) is 9.84. The average Bonchev–Trinajstić information content (AvgIpc) is 3.53. The summed E-state index contributed by atoms with van der Waals surface area (Å²) in [5.41, 5.74) is 6.32. The van der Waals surface area contributed by atoms with Crippen LogP contribution in [0.25, 0.3) is 76.8 Å². The Morgan fingerprint density at radius 2 is 1.29 bits per heavy atom. The topological polar surface area (TPSA) is 38.9 Å². The number of aromatic nitrogens is 2. The van der Waals surface area contributed by atoms with E-state index in [0.29, 0.717) is 0 Å². The van der Waals surface area contributed by atoms with Crippen molar-refractivity contribution in [1.82, 2.24) is 9.97 Å². The molecule has 0 amide bonds. The Bertz CT molecular complexity index is 2690. The van der Waals surface area contributed by atoms with Crippen molar-refractivity contribution >= 4 is 71.9 Å². The SMILES string of the molecule is [2H]C(C)(C)c1ccnc(-c2[c-]ccc3c2oc2c[c]([Ge]([CH3])([CH3])[CH3])ccc23)c1.[Ir].[c-]1cc2c3ccccc3c3ccccc3c2cc1-c1ccccn1. The summed E-state index contributed by atoms with van der Waals surface area (Å²) in [4.78, 5) is 9.00. The summed E-state index contributed by atoms with van der Waals surface area (Å²) in [6.07, 6.45) is 3.59. The van der Waals surface area contributed by atoms with Crippen molar-refractivity contribution in [2.45, 2.75) is 37.0 Å². The minimum absolute atomic E-state index is 0. The van der Waals surface area contributed by atoms with Crippen molar-refractivity contribution in [1.29, 1.82) is 0 Å². The summed E-state index contributed by atoms with van der Waals surface area (Å²) in [6, 6.07) is 48.8. The Balaban J connectivity index is 0.000000159. The molecule has 6 aromatic carbocycles. The molecular formula is C46H38GeIrN2O-2. The van der Waals surface area contributed by atoms with E-state index in [1.807, 2.05) is 56.4 Å². The molecule has 0 N–H and O–H groups in total. The number of fused-ring (bicyclic) bond motifs is 9. The van der Waals surface area contributed by atoms with Gasteiger partial charge in [-0.1, -0.05) is 76.8 Å². The van der Waals surface area contributed by atoms with Crippen molar-refractivity contribution in [2.75, 3.05) is 0 Å². The fourth-order valence-electron chi connectivity index (χ4n) is 6.79. The van der Waals surface area contributed by atoms with Gasteiger partial charge in [0.25, 0.3) is 0 Å². The molecule has 0 saturated heterocycles. The van der Waals surface area contributed by atoms with Crippen LogP contribution in [0.4, 0.5) is 0 Å². The maximum atomic E-state index is 8.31. The quantitative estimate of drug-likeness (QED) is 0.100. The molecule has 5 heteroatoms. The second-order valence-corrected chi connectivity index (χ2v) is 24.7. The van der Waals surface area contributed by atoms with E-state index < -0.39 is 19.2 Å². The molecule has 1 radical (unpaired) electrons. The second-order valence-electron chi connectivity index (χ2n) is 14.1. The predicted octanol–water partition coefficient (Wildman–Crippen LogP) is 12.1. The Morgan fingerprint density at radius 3 is 1.96 bits per heavy atom. The molecule has 253 valence electrons. The first-order valence-electron chi connectivity index (χ1n) is 17.6. The number of pyridine rings is 2. The van der Waals surface area contributed by atoms with E-state index in [4.69, 9.17) is 5.79 Å². The molecule has 0 bridgehead atoms. The molecule has 0 atom stereocenters. The van der Waals surface area contributed by atoms with Gasteiger partial charge in [0.2, 0.25) is 0 Å². The smallest absolute Gasteiger partial charge is 0.0160 e. The van der Waals surface area contributed by atoms with Crippen LogP contribution in [0.2, 0.25) is 17.3 Å². The van der Waals surface area contributed by atoms with E-state index in [1.165, 1.54) is 36.7 Å². The second kappa shape index (κ2) is 14.2. The molecule has 0 unspecified atom stereocenters. The molecule has 0 saturated carbocycles. The van der Waals surface area contributed by atoms with Gasteiger partial charge < -0.3 is 4.98 Å². The van der Waals surface area contributed by atoms with Crippen molar-refractivity contribution < 1.29 is 25.9 Å². The van der Waals surface area contributed by atoms with Crippen LogP contribution >= 0.6 is 0 Å². The molecule has 0 aliphatic rings. The van der Waals surface area contributed by atoms with E-state index in [2.05, 4.69) is 124 Å². The molecule has 9 rings (SSSR count). The molecule has 51 heavy (non-hydrogen) atoms. The Hall–Kier alpha value is -4.61. The van der Waals surface area contributed by atoms with Crippen molar-refractivity contribution in [3.8, 4) is 22.5 Å². The first-order chi connectivity index (χ1) is 24.6. The van der Waals surface area contributed by atoms with E-state index in [0.717, 1.165) is 50.0 Å². The average molecular weight is 901 g/mol. The molecule has 3 heterocycles. The number of furan rings is 1. The third kappa shape index (κ3) is 6.65. The van der Waals surface area contributed by atoms with Crippen molar-refractivity contribution in [3.63, 3.8) is 0 Å². The molecule has 3 aromatic heterocycles. The van der Waals surface area contributed by atoms with E-state index in [-0.39, 0.29) is 20.1 Å². The molecule has 0 spiro atoms. The maximum Gasteiger partial charge on any atom is 0.0160 e. The zero-order valence-corrected chi connectivity index (χ0v) is 33.8. The van der Waals surface area contributed by atoms with Gasteiger partial charge in [0.15, 0.2) is 0 Å². The van der Waals surface area contributed by atoms with Gasteiger partial charge in [0.05, 0.1) is 0 Å². The zero-order valence-electron chi connectivity index (χ0n) is 30.3. The van der Waals surface area contributed by atoms with E-state index in [1.54, 1.807) is 6.20 Å². The number of benzene rings is 6. The molecule has 9 aromatic rings. The first-order valence-corrected chi connectivity index (χ1v) is 24.4. The summed E-state index contributed by atoms with van der Waals surface area (Å²) in [6.45, 7) is 3.77. The summed E-state index contributed by atoms with van der Waals surface area (Å²) in [5.74, 6) is 6.50. The van der Waals surface area contributed by atoms with E-state index in [9.17, 15) is 0 Å². The first kappa shape index (κ1) is 33.5. The predicted molar refractivity (Wildman–Crippen MR) is 214 cm³/mol. The van der Waals surface area contributed by atoms with Gasteiger partial charge in [0.1, 0.15) is 0 Å². The Morgan fingerprint density at radius 1 is 0.627 bits per heavy atom. The fourth-order valence-corrected chi connectivity index (χ4v) is 9.20. The van der Waals surface area contributed by atoms with Gasteiger partial charge in [-0.25, -0.2) is 0 Å². The number of nitrogens with zero attached hydrogens (tertiary/aromatic N) is 2. The summed E-state index contributed by atoms with van der Waals surface area (Å²) < 4.78 is 16.1. The van der Waals surface area contributed by atoms with Crippen LogP contribution in [0, 0.1) is 12.1 Å². The van der Waals surface area contributed by atoms with Crippen LogP contribution in [-0.4, -0.2) is 23.2 Å². The van der Waals surface area contributed by atoms with Crippen molar-refractivity contribution in [2.24, 2.45) is 0 Å². The van der Waals surface area contributed by atoms with Gasteiger partial charge in [0, 0.05) is 26.3 Å². The molecular weight excluding hydrogens is 861 g/mol. The number of hydrogen-bond donors (Lipinski definition) is 0. The van der Waals surface area contributed by atoms with Crippen LogP contribution in [0.3, 0.4) is 0 Å². The van der Waals surface area contributed by atoms with Gasteiger partial charge in [-0.3, -0.25) is 0 Å². The monoisotopic (exact) mass is 902 g/mol. The van der Waals surface area contributed by atoms with Gasteiger partial charge in [-0.15, -0.1) is 23.8 Å². The summed E-state index contributed by atoms with van der Waals surface area (Å²) >= 11 is -1.92. The Kier molecular flexibility index (Phi) is 9.33. The third-order valence-electron chi connectivity index (χ3n) is 9.51. The molecule has 3 nitrogen and oxygen atoms in total. The minimum Gasteiger partial charge on any atom is -0.305 e. The van der Waals surface area contributed by atoms with Crippen LogP contribution < -0.4 is 4.40 Å². The van der Waals surface area contributed by atoms with Crippen LogP contribution in [0.5, 0.6) is 0 Å². The normalized spacial score (nSPS) is 12.1. The fraction of sp³-hybridized carbons (Fsp3) is 0.130. The zero-order chi connectivity index (χ0) is 35.3. The third-order valence-corrected chi connectivity index (χ3v) is 13.8. The van der Waals surface area contributed by atoms with E-state index >= 15 is 0 Å². The van der Waals surface area contributed by atoms with Gasteiger partial charge in [-0.2, -0.15) is 0 Å². The minimum atomic E-state index is -1.92. The standard InChI is InChI=1S/C23H24GeNO.C23H14N.Ir/c1-15(2)16-11-12-25-21(13-16)20-8-6-7-19-18-10-9-17(24(3,4)5)14-22(18)26-23(19)20;1-2-9-19-17(7-1)18-8-3-4-10-20(18)22-15-16(12-13-21(19)22)23-11-5-6-14-24-23;/h6-7,9-15H,1-5H3;1-11,13-15H;/q2*-1;/i15D;;. The summed E-state index contributed by atoms with van der Waals surface area (Å²) in [7, 11) is 0. The molecule has 0 fully saturated rings. The van der Waals surface area contributed by atoms with Crippen LogP contribution in [-0.2, 0) is 20.1 Å². The number of rotatable bonds is 4. The molecule has 0 aliphatic carbocycles. The number of hydrogen-bond acceptors (Lipinski definition) is 3. The largest absolute Gasteiger partial charge is 0.305 e. The molecule has 0 aliphatic heterocycles.